The molecule has 2 rings (SSSR count). The third-order valence-electron chi connectivity index (χ3n) is 3.45. The number of rotatable bonds is 5. The maximum absolute atomic E-state index is 9.85. The number of unbranched alkanes of at least 4 members (excludes halogenated alkanes) is 2. The van der Waals surface area contributed by atoms with Crippen molar-refractivity contribution >= 4 is 23.2 Å². The van der Waals surface area contributed by atoms with Crippen molar-refractivity contribution in [3.8, 4) is 5.75 Å². The summed E-state index contributed by atoms with van der Waals surface area (Å²) in [5.41, 5.74) is 7.41. The van der Waals surface area contributed by atoms with Crippen molar-refractivity contribution in [3.05, 3.63) is 42.0 Å². The van der Waals surface area contributed by atoms with Gasteiger partial charge in [0.25, 0.3) is 0 Å². The summed E-state index contributed by atoms with van der Waals surface area (Å²) >= 11 is 0. The molecule has 0 unspecified atom stereocenters. The van der Waals surface area contributed by atoms with Crippen molar-refractivity contribution in [2.45, 2.75) is 38.6 Å². The first-order valence-electron chi connectivity index (χ1n) is 6.70. The van der Waals surface area contributed by atoms with Crippen LogP contribution in [0.15, 0.2) is 36.4 Å². The molecule has 0 bridgehead atoms. The molecule has 1 atom stereocenters. The van der Waals surface area contributed by atoms with Crippen molar-refractivity contribution in [1.29, 1.82) is 0 Å². The molecule has 0 aliphatic carbocycles. The van der Waals surface area contributed by atoms with Crippen LogP contribution in [0.1, 0.15) is 44.2 Å². The lowest BCUT2D eigenvalue weighted by molar-refractivity contribution is 0.481. The highest BCUT2D eigenvalue weighted by atomic mass is 35.5. The zero-order valence-electron chi connectivity index (χ0n) is 11.3. The van der Waals surface area contributed by atoms with E-state index in [-0.39, 0.29) is 18.4 Å². The molecular formula is C16H22ClNO. The molecule has 104 valence electrons. The quantitative estimate of drug-likeness (QED) is 0.789. The lowest BCUT2D eigenvalue weighted by Gasteiger charge is -2.15. The minimum Gasteiger partial charge on any atom is -0.507 e. The number of phenolic OH excluding ortho intramolecular Hbond substituents is 1. The van der Waals surface area contributed by atoms with Crippen LogP contribution in [-0.4, -0.2) is 5.11 Å². The van der Waals surface area contributed by atoms with Gasteiger partial charge in [-0.05, 0) is 23.4 Å². The Bertz CT molecular complexity index is 527. The number of halogens is 1. The zero-order valence-corrected chi connectivity index (χ0v) is 12.1. The van der Waals surface area contributed by atoms with Gasteiger partial charge in [-0.3, -0.25) is 0 Å². The van der Waals surface area contributed by atoms with E-state index >= 15 is 0 Å². The molecule has 2 aromatic rings. The Morgan fingerprint density at radius 2 is 1.74 bits per heavy atom. The number of phenols is 1. The summed E-state index contributed by atoms with van der Waals surface area (Å²) in [4.78, 5) is 0. The fourth-order valence-corrected chi connectivity index (χ4v) is 2.40. The van der Waals surface area contributed by atoms with E-state index in [9.17, 15) is 5.11 Å². The molecule has 0 aliphatic heterocycles. The second-order valence-electron chi connectivity index (χ2n) is 4.82. The molecule has 0 aliphatic rings. The summed E-state index contributed by atoms with van der Waals surface area (Å²) < 4.78 is 0. The van der Waals surface area contributed by atoms with Gasteiger partial charge in [0.1, 0.15) is 5.75 Å². The van der Waals surface area contributed by atoms with E-state index in [4.69, 9.17) is 5.73 Å². The SMILES string of the molecule is CCCCC[C@@H](N)c1ccc(O)c2ccccc12.Cl. The lowest BCUT2D eigenvalue weighted by atomic mass is 9.95. The second-order valence-corrected chi connectivity index (χ2v) is 4.82. The highest BCUT2D eigenvalue weighted by Crippen LogP contribution is 2.31. The average molecular weight is 280 g/mol. The molecule has 0 saturated heterocycles. The highest BCUT2D eigenvalue weighted by molar-refractivity contribution is 5.91. The van der Waals surface area contributed by atoms with E-state index in [1.165, 1.54) is 12.8 Å². The van der Waals surface area contributed by atoms with Gasteiger partial charge in [0.05, 0.1) is 0 Å². The van der Waals surface area contributed by atoms with Gasteiger partial charge in [0, 0.05) is 11.4 Å². The van der Waals surface area contributed by atoms with Gasteiger partial charge in [-0.2, -0.15) is 0 Å². The van der Waals surface area contributed by atoms with Crippen LogP contribution in [0.2, 0.25) is 0 Å². The molecular weight excluding hydrogens is 258 g/mol. The van der Waals surface area contributed by atoms with Gasteiger partial charge in [0.2, 0.25) is 0 Å². The van der Waals surface area contributed by atoms with Gasteiger partial charge in [-0.1, -0.05) is 56.5 Å². The first kappa shape index (κ1) is 15.8. The topological polar surface area (TPSA) is 46.2 Å². The molecule has 0 spiro atoms. The van der Waals surface area contributed by atoms with Crippen molar-refractivity contribution in [3.63, 3.8) is 0 Å². The van der Waals surface area contributed by atoms with Crippen molar-refractivity contribution in [2.24, 2.45) is 5.73 Å². The Kier molecular flexibility index (Phi) is 6.13. The first-order chi connectivity index (χ1) is 8.74. The summed E-state index contributed by atoms with van der Waals surface area (Å²) in [6.45, 7) is 2.20. The summed E-state index contributed by atoms with van der Waals surface area (Å²) in [6, 6.07) is 11.7. The number of benzene rings is 2. The van der Waals surface area contributed by atoms with E-state index in [1.54, 1.807) is 6.07 Å². The Morgan fingerprint density at radius 3 is 2.42 bits per heavy atom. The molecule has 2 nitrogen and oxygen atoms in total. The Balaban J connectivity index is 0.00000180. The number of aromatic hydroxyl groups is 1. The largest absolute Gasteiger partial charge is 0.507 e. The van der Waals surface area contributed by atoms with E-state index in [0.29, 0.717) is 5.75 Å². The summed E-state index contributed by atoms with van der Waals surface area (Å²) in [7, 11) is 0. The van der Waals surface area contributed by atoms with Crippen LogP contribution < -0.4 is 5.73 Å². The van der Waals surface area contributed by atoms with Gasteiger partial charge in [0.15, 0.2) is 0 Å². The predicted molar refractivity (Wildman–Crippen MR) is 83.9 cm³/mol. The number of hydrogen-bond donors (Lipinski definition) is 2. The molecule has 2 aromatic carbocycles. The smallest absolute Gasteiger partial charge is 0.123 e. The maximum Gasteiger partial charge on any atom is 0.123 e. The van der Waals surface area contributed by atoms with Gasteiger partial charge < -0.3 is 10.8 Å². The van der Waals surface area contributed by atoms with Crippen LogP contribution in [0.3, 0.4) is 0 Å². The molecule has 0 fully saturated rings. The molecule has 3 N–H and O–H groups in total. The van der Waals surface area contributed by atoms with Crippen LogP contribution in [0, 0.1) is 0 Å². The van der Waals surface area contributed by atoms with Gasteiger partial charge in [-0.15, -0.1) is 12.4 Å². The Hall–Kier alpha value is -1.25. The second kappa shape index (κ2) is 7.37. The van der Waals surface area contributed by atoms with Crippen molar-refractivity contribution < 1.29 is 5.11 Å². The zero-order chi connectivity index (χ0) is 13.0. The van der Waals surface area contributed by atoms with Crippen LogP contribution in [-0.2, 0) is 0 Å². The number of hydrogen-bond acceptors (Lipinski definition) is 2. The van der Waals surface area contributed by atoms with Crippen LogP contribution in [0.4, 0.5) is 0 Å². The molecule has 0 heterocycles. The first-order valence-corrected chi connectivity index (χ1v) is 6.70. The van der Waals surface area contributed by atoms with Crippen LogP contribution in [0.25, 0.3) is 10.8 Å². The minimum atomic E-state index is 0. The molecule has 0 saturated carbocycles. The van der Waals surface area contributed by atoms with Gasteiger partial charge >= 0.3 is 0 Å². The standard InChI is InChI=1S/C16H21NO.ClH/c1-2-3-4-9-15(17)13-10-11-16(18)14-8-6-5-7-12(13)14;/h5-8,10-11,15,18H,2-4,9,17H2,1H3;1H/t15-;/m1./s1. The predicted octanol–water partition coefficient (Wildman–Crippen LogP) is 4.55. The number of nitrogens with two attached hydrogens (primary N) is 1. The van der Waals surface area contributed by atoms with E-state index in [0.717, 1.165) is 29.2 Å². The average Bonchev–Trinajstić information content (AvgIpc) is 2.39. The summed E-state index contributed by atoms with van der Waals surface area (Å²) in [5, 5.41) is 11.8. The molecule has 0 radical (unpaired) electrons. The molecule has 0 aromatic heterocycles. The summed E-state index contributed by atoms with van der Waals surface area (Å²) in [5.74, 6) is 0.329. The normalized spacial score (nSPS) is 12.1. The fraction of sp³-hybridized carbons (Fsp3) is 0.375. The Labute approximate surface area is 121 Å². The fourth-order valence-electron chi connectivity index (χ4n) is 2.40. The molecule has 3 heteroatoms. The van der Waals surface area contributed by atoms with E-state index in [2.05, 4.69) is 6.92 Å². The monoisotopic (exact) mass is 279 g/mol. The third kappa shape index (κ3) is 3.62. The molecule has 0 amide bonds. The van der Waals surface area contributed by atoms with E-state index < -0.39 is 0 Å². The highest BCUT2D eigenvalue weighted by Gasteiger charge is 2.11. The lowest BCUT2D eigenvalue weighted by Crippen LogP contribution is -2.10. The molecule has 19 heavy (non-hydrogen) atoms. The Morgan fingerprint density at radius 1 is 1.05 bits per heavy atom. The van der Waals surface area contributed by atoms with Gasteiger partial charge in [-0.25, -0.2) is 0 Å². The summed E-state index contributed by atoms with van der Waals surface area (Å²) in [6.07, 6.45) is 4.60. The number of fused-ring (bicyclic) bond motifs is 1. The minimum absolute atomic E-state index is 0. The maximum atomic E-state index is 9.85. The third-order valence-corrected chi connectivity index (χ3v) is 3.45. The van der Waals surface area contributed by atoms with Crippen molar-refractivity contribution in [2.75, 3.05) is 0 Å². The van der Waals surface area contributed by atoms with E-state index in [1.807, 2.05) is 30.3 Å². The van der Waals surface area contributed by atoms with Crippen LogP contribution >= 0.6 is 12.4 Å². The van der Waals surface area contributed by atoms with Crippen molar-refractivity contribution in [1.82, 2.24) is 0 Å². The van der Waals surface area contributed by atoms with Crippen LogP contribution in [0.5, 0.6) is 5.75 Å².